The van der Waals surface area contributed by atoms with Gasteiger partial charge in [-0.3, -0.25) is 4.79 Å². The maximum absolute atomic E-state index is 12.4. The number of carbonyl (C=O) groups is 1. The molecule has 7 nitrogen and oxygen atoms in total. The second-order valence-corrected chi connectivity index (χ2v) is 7.22. The molecule has 1 amide bonds. The molecule has 2 rings (SSSR count). The minimum atomic E-state index is -3.82. The van der Waals surface area contributed by atoms with Crippen molar-refractivity contribution >= 4 is 21.6 Å². The van der Waals surface area contributed by atoms with Crippen LogP contribution < -0.4 is 10.1 Å². The van der Waals surface area contributed by atoms with E-state index in [4.69, 9.17) is 10.00 Å². The zero-order valence-corrected chi connectivity index (χ0v) is 14.6. The monoisotopic (exact) mass is 359 g/mol. The third-order valence-corrected chi connectivity index (χ3v) is 5.25. The number of nitriles is 1. The molecule has 25 heavy (non-hydrogen) atoms. The second kappa shape index (κ2) is 7.79. The quantitative estimate of drug-likeness (QED) is 0.848. The van der Waals surface area contributed by atoms with Crippen LogP contribution in [-0.2, 0) is 14.8 Å². The molecule has 0 aliphatic carbocycles. The van der Waals surface area contributed by atoms with Crippen molar-refractivity contribution in [2.45, 2.75) is 4.90 Å². The summed E-state index contributed by atoms with van der Waals surface area (Å²) in [6, 6.07) is 14.1. The molecular formula is C17H17N3O4S. The Balaban J connectivity index is 2.04. The highest BCUT2D eigenvalue weighted by Crippen LogP contribution is 2.17. The van der Waals surface area contributed by atoms with Crippen LogP contribution in [0.5, 0.6) is 5.75 Å². The van der Waals surface area contributed by atoms with Crippen molar-refractivity contribution in [2.24, 2.45) is 0 Å². The van der Waals surface area contributed by atoms with E-state index in [1.54, 1.807) is 24.3 Å². The van der Waals surface area contributed by atoms with Crippen molar-refractivity contribution in [3.8, 4) is 11.8 Å². The average Bonchev–Trinajstić information content (AvgIpc) is 2.62. The van der Waals surface area contributed by atoms with Gasteiger partial charge in [-0.05, 0) is 48.5 Å². The third kappa shape index (κ3) is 4.56. The van der Waals surface area contributed by atoms with Gasteiger partial charge in [0.1, 0.15) is 5.75 Å². The number of amides is 1. The number of sulfonamides is 1. The maximum Gasteiger partial charge on any atom is 0.243 e. The van der Waals surface area contributed by atoms with Gasteiger partial charge >= 0.3 is 0 Å². The summed E-state index contributed by atoms with van der Waals surface area (Å²) < 4.78 is 30.9. The molecule has 2 aromatic rings. The summed E-state index contributed by atoms with van der Waals surface area (Å²) >= 11 is 0. The lowest BCUT2D eigenvalue weighted by Crippen LogP contribution is -2.34. The van der Waals surface area contributed by atoms with Crippen LogP contribution in [0.1, 0.15) is 5.56 Å². The number of nitrogens with one attached hydrogen (secondary N) is 1. The molecule has 2 aromatic carbocycles. The number of ether oxygens (including phenoxy) is 1. The van der Waals surface area contributed by atoms with Crippen LogP contribution in [0, 0.1) is 11.3 Å². The van der Waals surface area contributed by atoms with Gasteiger partial charge in [-0.25, -0.2) is 8.42 Å². The van der Waals surface area contributed by atoms with E-state index in [0.29, 0.717) is 17.0 Å². The van der Waals surface area contributed by atoms with Gasteiger partial charge < -0.3 is 10.1 Å². The molecule has 0 aliphatic heterocycles. The fourth-order valence-corrected chi connectivity index (χ4v) is 3.17. The molecule has 0 bridgehead atoms. The fraction of sp³-hybridized carbons (Fsp3) is 0.176. The van der Waals surface area contributed by atoms with Crippen LogP contribution in [-0.4, -0.2) is 39.3 Å². The smallest absolute Gasteiger partial charge is 0.243 e. The molecule has 0 spiro atoms. The number of anilines is 1. The number of carbonyl (C=O) groups excluding carboxylic acids is 1. The Morgan fingerprint density at radius 2 is 1.76 bits per heavy atom. The summed E-state index contributed by atoms with van der Waals surface area (Å²) in [6.07, 6.45) is 0. The molecule has 0 radical (unpaired) electrons. The van der Waals surface area contributed by atoms with Crippen LogP contribution in [0.3, 0.4) is 0 Å². The number of hydrogen-bond acceptors (Lipinski definition) is 5. The van der Waals surface area contributed by atoms with E-state index >= 15 is 0 Å². The van der Waals surface area contributed by atoms with E-state index in [1.807, 2.05) is 6.07 Å². The summed E-state index contributed by atoms with van der Waals surface area (Å²) in [6.45, 7) is -0.339. The highest BCUT2D eigenvalue weighted by molar-refractivity contribution is 7.89. The molecule has 0 heterocycles. The predicted octanol–water partition coefficient (Wildman–Crippen LogP) is 1.83. The van der Waals surface area contributed by atoms with Gasteiger partial charge in [0.05, 0.1) is 30.2 Å². The normalized spacial score (nSPS) is 11.0. The van der Waals surface area contributed by atoms with Crippen molar-refractivity contribution in [3.63, 3.8) is 0 Å². The Labute approximate surface area is 146 Å². The first-order chi connectivity index (χ1) is 11.9. The fourth-order valence-electron chi connectivity index (χ4n) is 2.04. The number of likely N-dealkylation sites (N-methyl/N-ethyl adjacent to an activating group) is 1. The van der Waals surface area contributed by atoms with Crippen molar-refractivity contribution in [2.75, 3.05) is 26.0 Å². The van der Waals surface area contributed by atoms with Crippen LogP contribution in [0.25, 0.3) is 0 Å². The lowest BCUT2D eigenvalue weighted by molar-refractivity contribution is -0.116. The van der Waals surface area contributed by atoms with E-state index in [1.165, 1.54) is 38.4 Å². The van der Waals surface area contributed by atoms with Crippen LogP contribution >= 0.6 is 0 Å². The number of nitrogens with zero attached hydrogens (tertiary/aromatic N) is 2. The van der Waals surface area contributed by atoms with Crippen molar-refractivity contribution < 1.29 is 17.9 Å². The van der Waals surface area contributed by atoms with Gasteiger partial charge in [-0.15, -0.1) is 0 Å². The highest BCUT2D eigenvalue weighted by atomic mass is 32.2. The molecule has 1 N–H and O–H groups in total. The summed E-state index contributed by atoms with van der Waals surface area (Å²) in [7, 11) is -0.960. The lowest BCUT2D eigenvalue weighted by atomic mass is 10.2. The number of hydrogen-bond donors (Lipinski definition) is 1. The summed E-state index contributed by atoms with van der Waals surface area (Å²) in [5.41, 5.74) is 0.897. The van der Waals surface area contributed by atoms with Crippen LogP contribution in [0.15, 0.2) is 53.4 Å². The molecule has 0 atom stereocenters. The predicted molar refractivity (Wildman–Crippen MR) is 92.6 cm³/mol. The van der Waals surface area contributed by atoms with Gasteiger partial charge in [0.25, 0.3) is 0 Å². The zero-order chi connectivity index (χ0) is 18.4. The summed E-state index contributed by atoms with van der Waals surface area (Å²) in [5.74, 6) is 0.184. The first kappa shape index (κ1) is 18.4. The van der Waals surface area contributed by atoms with E-state index in [-0.39, 0.29) is 11.4 Å². The minimum absolute atomic E-state index is 0.0197. The van der Waals surface area contributed by atoms with Crippen molar-refractivity contribution in [1.82, 2.24) is 4.31 Å². The van der Waals surface area contributed by atoms with E-state index in [9.17, 15) is 13.2 Å². The lowest BCUT2D eigenvalue weighted by Gasteiger charge is -2.17. The Kier molecular flexibility index (Phi) is 5.75. The van der Waals surface area contributed by atoms with Gasteiger partial charge in [-0.1, -0.05) is 0 Å². The number of methoxy groups -OCH3 is 1. The molecule has 0 fully saturated rings. The molecule has 0 aliphatic rings. The Bertz CT molecular complexity index is 885. The largest absolute Gasteiger partial charge is 0.497 e. The first-order valence-electron chi connectivity index (χ1n) is 7.27. The summed E-state index contributed by atoms with van der Waals surface area (Å²) in [4.78, 5) is 12.1. The Hall–Kier alpha value is -2.89. The molecule has 8 heteroatoms. The topological polar surface area (TPSA) is 99.5 Å². The summed E-state index contributed by atoms with van der Waals surface area (Å²) in [5, 5.41) is 11.4. The Morgan fingerprint density at radius 3 is 2.28 bits per heavy atom. The minimum Gasteiger partial charge on any atom is -0.497 e. The van der Waals surface area contributed by atoms with Gasteiger partial charge in [-0.2, -0.15) is 9.57 Å². The first-order valence-corrected chi connectivity index (χ1v) is 8.71. The van der Waals surface area contributed by atoms with Gasteiger partial charge in [0, 0.05) is 12.7 Å². The van der Waals surface area contributed by atoms with Gasteiger partial charge in [0.2, 0.25) is 15.9 Å². The maximum atomic E-state index is 12.4. The Morgan fingerprint density at radius 1 is 1.16 bits per heavy atom. The molecule has 0 unspecified atom stereocenters. The standard InChI is InChI=1S/C17H17N3O4S/c1-20(25(22,23)16-9-3-13(11-18)4-10-16)12-17(21)19-14-5-7-15(24-2)8-6-14/h3-10H,12H2,1-2H3,(H,19,21). The number of rotatable bonds is 6. The van der Waals surface area contributed by atoms with Crippen molar-refractivity contribution in [3.05, 3.63) is 54.1 Å². The second-order valence-electron chi connectivity index (χ2n) is 5.17. The van der Waals surface area contributed by atoms with Crippen molar-refractivity contribution in [1.29, 1.82) is 5.26 Å². The van der Waals surface area contributed by atoms with Crippen LogP contribution in [0.4, 0.5) is 5.69 Å². The molecule has 130 valence electrons. The third-order valence-electron chi connectivity index (χ3n) is 3.43. The highest BCUT2D eigenvalue weighted by Gasteiger charge is 2.23. The molecule has 0 saturated heterocycles. The van der Waals surface area contributed by atoms with E-state index in [0.717, 1.165) is 4.31 Å². The molecule has 0 aromatic heterocycles. The van der Waals surface area contributed by atoms with Gasteiger partial charge in [0.15, 0.2) is 0 Å². The zero-order valence-electron chi connectivity index (χ0n) is 13.8. The number of benzene rings is 2. The SMILES string of the molecule is COc1ccc(NC(=O)CN(C)S(=O)(=O)c2ccc(C#N)cc2)cc1. The van der Waals surface area contributed by atoms with E-state index < -0.39 is 15.9 Å². The molecule has 0 saturated carbocycles. The molecular weight excluding hydrogens is 342 g/mol. The average molecular weight is 359 g/mol. The van der Waals surface area contributed by atoms with E-state index in [2.05, 4.69) is 5.32 Å². The van der Waals surface area contributed by atoms with Crippen LogP contribution in [0.2, 0.25) is 0 Å².